The van der Waals surface area contributed by atoms with Crippen LogP contribution in [0.15, 0.2) is 41.7 Å². The molecule has 0 fully saturated rings. The van der Waals surface area contributed by atoms with E-state index in [-0.39, 0.29) is 5.78 Å². The molecule has 0 spiro atoms. The lowest BCUT2D eigenvalue weighted by atomic mass is 9.77. The Morgan fingerprint density at radius 3 is 1.93 bits per heavy atom. The van der Waals surface area contributed by atoms with E-state index in [1.165, 1.54) is 7.11 Å². The molecule has 0 aromatic heterocycles. The third kappa shape index (κ3) is 3.88. The summed E-state index contributed by atoms with van der Waals surface area (Å²) in [5.74, 6) is -0.314. The van der Waals surface area contributed by atoms with Gasteiger partial charge in [0.15, 0.2) is 5.78 Å². The lowest BCUT2D eigenvalue weighted by Gasteiger charge is -2.46. The van der Waals surface area contributed by atoms with Gasteiger partial charge in [0.2, 0.25) is 0 Å². The second-order valence-electron chi connectivity index (χ2n) is 8.24. The van der Waals surface area contributed by atoms with E-state index in [1.807, 2.05) is 18.2 Å². The van der Waals surface area contributed by atoms with Crippen LogP contribution < -0.4 is 0 Å². The van der Waals surface area contributed by atoms with E-state index in [0.717, 1.165) is 0 Å². The molecule has 1 aliphatic rings. The molecule has 0 heterocycles. The maximum absolute atomic E-state index is 12.9. The predicted octanol–water partition coefficient (Wildman–Crippen LogP) is 5.51. The second-order valence-corrected chi connectivity index (χ2v) is 13.6. The summed E-state index contributed by atoms with van der Waals surface area (Å²) >= 11 is 0. The van der Waals surface area contributed by atoms with Gasteiger partial charge in [-0.05, 0) is 16.6 Å². The van der Waals surface area contributed by atoms with Crippen molar-refractivity contribution in [1.82, 2.24) is 0 Å². The van der Waals surface area contributed by atoms with E-state index in [2.05, 4.69) is 41.5 Å². The van der Waals surface area contributed by atoms with Crippen LogP contribution in [0.5, 0.6) is 0 Å². The van der Waals surface area contributed by atoms with Crippen molar-refractivity contribution in [2.75, 3.05) is 7.11 Å². The molecule has 1 aromatic carbocycles. The number of hydrogen-bond acceptors (Lipinski definition) is 4. The van der Waals surface area contributed by atoms with E-state index >= 15 is 0 Å². The number of esters is 1. The molecule has 27 heavy (non-hydrogen) atoms. The van der Waals surface area contributed by atoms with Crippen molar-refractivity contribution in [3.05, 3.63) is 47.2 Å². The Morgan fingerprint density at radius 1 is 0.963 bits per heavy atom. The number of ether oxygens (including phenoxy) is 1. The summed E-state index contributed by atoms with van der Waals surface area (Å²) in [5.41, 5.74) is 2.21. The topological polar surface area (TPSA) is 52.6 Å². The average molecular weight is 389 g/mol. The van der Waals surface area contributed by atoms with Crippen LogP contribution in [0.3, 0.4) is 0 Å². The summed E-state index contributed by atoms with van der Waals surface area (Å²) in [4.78, 5) is 25.3. The SMILES string of the molecule is COC(=O)C1=C(O[Si](C(C)C)(C(C)C)C(C)C)C[C@H]1C(=O)c1ccccc1. The Bertz CT molecular complexity index is 697. The Morgan fingerprint density at radius 2 is 1.48 bits per heavy atom. The normalized spacial score (nSPS) is 17.3. The minimum absolute atomic E-state index is 0.0470. The van der Waals surface area contributed by atoms with Gasteiger partial charge in [-0.2, -0.15) is 0 Å². The van der Waals surface area contributed by atoms with Gasteiger partial charge in [0.25, 0.3) is 8.32 Å². The largest absolute Gasteiger partial charge is 0.545 e. The van der Waals surface area contributed by atoms with E-state index < -0.39 is 20.2 Å². The first-order valence-electron chi connectivity index (χ1n) is 9.76. The molecule has 1 aliphatic carbocycles. The summed E-state index contributed by atoms with van der Waals surface area (Å²) in [6.45, 7) is 13.2. The summed E-state index contributed by atoms with van der Waals surface area (Å²) in [5, 5.41) is 0. The molecule has 2 rings (SSSR count). The minimum Gasteiger partial charge on any atom is -0.545 e. The average Bonchev–Trinajstić information content (AvgIpc) is 2.60. The van der Waals surface area contributed by atoms with Gasteiger partial charge in [0.05, 0.1) is 24.4 Å². The maximum Gasteiger partial charge on any atom is 0.337 e. The molecule has 1 aromatic rings. The summed E-state index contributed by atoms with van der Waals surface area (Å²) in [6.07, 6.45) is 0.471. The monoisotopic (exact) mass is 388 g/mol. The van der Waals surface area contributed by atoms with Crippen LogP contribution in [0.4, 0.5) is 0 Å². The molecule has 148 valence electrons. The van der Waals surface area contributed by atoms with Crippen molar-refractivity contribution in [3.63, 3.8) is 0 Å². The summed E-state index contributed by atoms with van der Waals surface area (Å²) in [6, 6.07) is 9.10. The first-order chi connectivity index (χ1) is 12.7. The second kappa shape index (κ2) is 8.42. The molecular weight excluding hydrogens is 356 g/mol. The zero-order chi connectivity index (χ0) is 20.4. The van der Waals surface area contributed by atoms with Crippen LogP contribution >= 0.6 is 0 Å². The lowest BCUT2D eigenvalue weighted by Crippen LogP contribution is -2.49. The van der Waals surface area contributed by atoms with Gasteiger partial charge in [0, 0.05) is 12.0 Å². The lowest BCUT2D eigenvalue weighted by molar-refractivity contribution is -0.137. The van der Waals surface area contributed by atoms with Crippen LogP contribution in [-0.2, 0) is 14.0 Å². The molecule has 0 saturated heterocycles. The predicted molar refractivity (Wildman–Crippen MR) is 110 cm³/mol. The molecule has 0 unspecified atom stereocenters. The Labute approximate surface area is 164 Å². The third-order valence-electron chi connectivity index (χ3n) is 5.83. The fourth-order valence-corrected chi connectivity index (χ4v) is 9.84. The van der Waals surface area contributed by atoms with Gasteiger partial charge in [-0.25, -0.2) is 4.79 Å². The van der Waals surface area contributed by atoms with Crippen LogP contribution in [-0.4, -0.2) is 27.2 Å². The highest BCUT2D eigenvalue weighted by Gasteiger charge is 2.51. The summed E-state index contributed by atoms with van der Waals surface area (Å²) < 4.78 is 11.7. The maximum atomic E-state index is 12.9. The highest BCUT2D eigenvalue weighted by atomic mass is 28.4. The van der Waals surface area contributed by atoms with Crippen molar-refractivity contribution < 1.29 is 18.8 Å². The van der Waals surface area contributed by atoms with Crippen LogP contribution in [0.1, 0.15) is 58.3 Å². The van der Waals surface area contributed by atoms with E-state index in [1.54, 1.807) is 12.1 Å². The van der Waals surface area contributed by atoms with Gasteiger partial charge >= 0.3 is 5.97 Å². The third-order valence-corrected chi connectivity index (χ3v) is 11.8. The number of hydrogen-bond donors (Lipinski definition) is 0. The summed E-state index contributed by atoms with van der Waals surface area (Å²) in [7, 11) is -0.827. The zero-order valence-corrected chi connectivity index (χ0v) is 18.5. The number of allylic oxidation sites excluding steroid dienone is 1. The van der Waals surface area contributed by atoms with Crippen molar-refractivity contribution in [2.45, 2.75) is 64.6 Å². The molecule has 0 bridgehead atoms. The quantitative estimate of drug-likeness (QED) is 0.335. The molecule has 5 heteroatoms. The fourth-order valence-electron chi connectivity index (χ4n) is 4.52. The smallest absolute Gasteiger partial charge is 0.337 e. The molecular formula is C22H32O4Si. The molecule has 0 aliphatic heterocycles. The molecule has 0 N–H and O–H groups in total. The van der Waals surface area contributed by atoms with Crippen LogP contribution in [0.25, 0.3) is 0 Å². The molecule has 0 radical (unpaired) electrons. The number of rotatable bonds is 8. The number of carbonyl (C=O) groups excluding carboxylic acids is 2. The number of benzene rings is 1. The zero-order valence-electron chi connectivity index (χ0n) is 17.5. The highest BCUT2D eigenvalue weighted by molar-refractivity contribution is 6.77. The van der Waals surface area contributed by atoms with Crippen molar-refractivity contribution >= 4 is 20.1 Å². The van der Waals surface area contributed by atoms with Gasteiger partial charge in [-0.1, -0.05) is 71.9 Å². The van der Waals surface area contributed by atoms with E-state index in [4.69, 9.17) is 9.16 Å². The van der Waals surface area contributed by atoms with Crippen molar-refractivity contribution in [2.24, 2.45) is 5.92 Å². The number of carbonyl (C=O) groups is 2. The minimum atomic E-state index is -2.18. The highest BCUT2D eigenvalue weighted by Crippen LogP contribution is 2.48. The van der Waals surface area contributed by atoms with Gasteiger partial charge in [-0.3, -0.25) is 4.79 Å². The van der Waals surface area contributed by atoms with Gasteiger partial charge < -0.3 is 9.16 Å². The first kappa shape index (κ1) is 21.4. The van der Waals surface area contributed by atoms with Crippen molar-refractivity contribution in [3.8, 4) is 0 Å². The molecule has 1 atom stereocenters. The standard InChI is InChI=1S/C22H32O4Si/c1-14(2)27(15(3)4,16(5)6)26-19-13-18(20(19)22(24)25-7)21(23)17-11-9-8-10-12-17/h8-12,14-16,18H,13H2,1-7H3/t18-/m1/s1. The first-order valence-corrected chi connectivity index (χ1v) is 11.9. The van der Waals surface area contributed by atoms with E-state index in [9.17, 15) is 9.59 Å². The molecule has 0 amide bonds. The number of methoxy groups -OCH3 is 1. The van der Waals surface area contributed by atoms with E-state index in [0.29, 0.717) is 39.9 Å². The van der Waals surface area contributed by atoms with Crippen LogP contribution in [0, 0.1) is 5.92 Å². The molecule has 4 nitrogen and oxygen atoms in total. The Kier molecular flexibility index (Phi) is 6.68. The van der Waals surface area contributed by atoms with Crippen molar-refractivity contribution in [1.29, 1.82) is 0 Å². The van der Waals surface area contributed by atoms with Gasteiger partial charge in [-0.15, -0.1) is 0 Å². The fraction of sp³-hybridized carbons (Fsp3) is 0.545. The Balaban J connectivity index is 2.41. The Hall–Kier alpha value is -1.88. The van der Waals surface area contributed by atoms with Crippen LogP contribution in [0.2, 0.25) is 16.6 Å². The number of ketones is 1. The molecule has 0 saturated carbocycles. The van der Waals surface area contributed by atoms with Gasteiger partial charge in [0.1, 0.15) is 0 Å². The number of Topliss-reactive ketones (excluding diaryl/α,β-unsaturated/α-hetero) is 1.